The Morgan fingerprint density at radius 2 is 1.71 bits per heavy atom. The molecule has 0 saturated carbocycles. The van der Waals surface area contributed by atoms with Crippen LogP contribution in [0.1, 0.15) is 56.6 Å². The van der Waals surface area contributed by atoms with Gasteiger partial charge in [-0.2, -0.15) is 0 Å². The van der Waals surface area contributed by atoms with Gasteiger partial charge in [-0.05, 0) is 73.4 Å². The molecule has 2 heterocycles. The molecule has 2 aliphatic carbocycles. The number of fused-ring (bicyclic) bond motifs is 1. The Kier molecular flexibility index (Phi) is 5.93. The predicted molar refractivity (Wildman–Crippen MR) is 153 cm³/mol. The maximum atomic E-state index is 7.11. The third-order valence-corrected chi connectivity index (χ3v) is 9.26. The molecule has 0 amide bonds. The highest BCUT2D eigenvalue weighted by molar-refractivity contribution is 5.64. The van der Waals surface area contributed by atoms with E-state index in [9.17, 15) is 0 Å². The lowest BCUT2D eigenvalue weighted by Crippen LogP contribution is -2.53. The van der Waals surface area contributed by atoms with Gasteiger partial charge in [0.15, 0.2) is 0 Å². The van der Waals surface area contributed by atoms with Gasteiger partial charge in [0.05, 0.1) is 5.92 Å². The van der Waals surface area contributed by atoms with E-state index >= 15 is 0 Å². The minimum absolute atomic E-state index is 0.208. The first-order valence-electron chi connectivity index (χ1n) is 14.4. The quantitative estimate of drug-likeness (QED) is 0.385. The molecule has 6 atom stereocenters. The van der Waals surface area contributed by atoms with Crippen molar-refractivity contribution in [1.82, 2.24) is 5.32 Å². The topological polar surface area (TPSA) is 30.5 Å². The monoisotopic (exact) mass is 503 g/mol. The van der Waals surface area contributed by atoms with Crippen LogP contribution in [0.3, 0.4) is 0 Å². The minimum atomic E-state index is -0.744. The first-order chi connectivity index (χ1) is 18.6. The summed E-state index contributed by atoms with van der Waals surface area (Å²) in [6, 6.07) is 26.6. The first kappa shape index (κ1) is 23.8. The fourth-order valence-corrected chi connectivity index (χ4v) is 7.40. The molecule has 3 aromatic rings. The van der Waals surface area contributed by atoms with E-state index in [1.165, 1.54) is 40.7 Å². The number of aryl methyl sites for hydroxylation is 1. The lowest BCUT2D eigenvalue weighted by Gasteiger charge is -2.44. The molecule has 3 aromatic carbocycles. The van der Waals surface area contributed by atoms with Crippen molar-refractivity contribution in [3.8, 4) is 22.6 Å². The van der Waals surface area contributed by atoms with Gasteiger partial charge in [-0.1, -0.05) is 85.3 Å². The van der Waals surface area contributed by atoms with Crippen LogP contribution in [0.25, 0.3) is 11.1 Å². The maximum absolute atomic E-state index is 7.11. The summed E-state index contributed by atoms with van der Waals surface area (Å²) < 4.78 is 14.1. The van der Waals surface area contributed by atoms with Crippen molar-refractivity contribution in [3.63, 3.8) is 0 Å². The predicted octanol–water partition coefficient (Wildman–Crippen LogP) is 7.83. The number of ether oxygens (including phenoxy) is 2. The summed E-state index contributed by atoms with van der Waals surface area (Å²) in [6.07, 6.45) is 12.4. The number of nitrogens with one attached hydrogen (secondary N) is 1. The largest absolute Gasteiger partial charge is 0.452 e. The average Bonchev–Trinajstić information content (AvgIpc) is 3.27. The smallest absolute Gasteiger partial charge is 0.259 e. The number of hydrogen-bond donors (Lipinski definition) is 1. The zero-order valence-corrected chi connectivity index (χ0v) is 22.4. The van der Waals surface area contributed by atoms with E-state index in [1.807, 2.05) is 0 Å². The fraction of sp³-hybridized carbons (Fsp3) is 0.371. The third-order valence-electron chi connectivity index (χ3n) is 9.26. The molecule has 0 aromatic heterocycles. The van der Waals surface area contributed by atoms with E-state index in [-0.39, 0.29) is 5.92 Å². The van der Waals surface area contributed by atoms with Gasteiger partial charge in [0.25, 0.3) is 5.79 Å². The van der Waals surface area contributed by atoms with Crippen LogP contribution in [0.5, 0.6) is 11.5 Å². The molecule has 0 bridgehead atoms. The van der Waals surface area contributed by atoms with Gasteiger partial charge < -0.3 is 14.8 Å². The Labute approximate surface area is 226 Å². The number of piperidine rings is 1. The maximum Gasteiger partial charge on any atom is 0.259 e. The Hall–Kier alpha value is -3.30. The highest BCUT2D eigenvalue weighted by atomic mass is 16.7. The standard InChI is InChI=1S/C35H37NO2/c1-23-14-16-27-10-7-13-31-32(27)33(23)35(38-31,22-29-12-6-11-28-17-15-24(2)36-34(28)29)37-30-20-18-26(19-21-30)25-8-4-3-5-9-25/h3-13,18-21,23-24,29,33-34,36H,14-17,22H2,1-2H3. The lowest BCUT2D eigenvalue weighted by molar-refractivity contribution is -0.140. The van der Waals surface area contributed by atoms with Crippen LogP contribution >= 0.6 is 0 Å². The summed E-state index contributed by atoms with van der Waals surface area (Å²) in [5.41, 5.74) is 6.74. The summed E-state index contributed by atoms with van der Waals surface area (Å²) >= 11 is 0. The van der Waals surface area contributed by atoms with Gasteiger partial charge in [-0.15, -0.1) is 0 Å². The second-order valence-corrected chi connectivity index (χ2v) is 11.8. The fourth-order valence-electron chi connectivity index (χ4n) is 7.40. The van der Waals surface area contributed by atoms with Crippen molar-refractivity contribution < 1.29 is 9.47 Å². The normalized spacial score (nSPS) is 31.1. The van der Waals surface area contributed by atoms with E-state index < -0.39 is 5.79 Å². The summed E-state index contributed by atoms with van der Waals surface area (Å²) in [5.74, 6) is 2.15. The molecule has 7 rings (SSSR count). The van der Waals surface area contributed by atoms with E-state index in [1.54, 1.807) is 0 Å². The summed E-state index contributed by atoms with van der Waals surface area (Å²) in [5, 5.41) is 3.91. The van der Waals surface area contributed by atoms with Crippen molar-refractivity contribution in [3.05, 3.63) is 108 Å². The van der Waals surface area contributed by atoms with Gasteiger partial charge in [0.2, 0.25) is 0 Å². The molecule has 1 fully saturated rings. The summed E-state index contributed by atoms with van der Waals surface area (Å²) in [6.45, 7) is 4.70. The molecule has 1 N–H and O–H groups in total. The van der Waals surface area contributed by atoms with E-state index in [0.717, 1.165) is 30.8 Å². The molecule has 38 heavy (non-hydrogen) atoms. The Bertz CT molecular complexity index is 1370. The zero-order chi connectivity index (χ0) is 25.7. The summed E-state index contributed by atoms with van der Waals surface area (Å²) in [7, 11) is 0. The van der Waals surface area contributed by atoms with Gasteiger partial charge >= 0.3 is 0 Å². The van der Waals surface area contributed by atoms with Gasteiger partial charge in [-0.25, -0.2) is 0 Å². The highest BCUT2D eigenvalue weighted by Gasteiger charge is 2.56. The van der Waals surface area contributed by atoms with Crippen LogP contribution in [0, 0.1) is 11.8 Å². The second-order valence-electron chi connectivity index (χ2n) is 11.8. The zero-order valence-electron chi connectivity index (χ0n) is 22.4. The van der Waals surface area contributed by atoms with Crippen LogP contribution in [0.15, 0.2) is 96.6 Å². The Morgan fingerprint density at radius 1 is 0.895 bits per heavy atom. The Balaban J connectivity index is 1.26. The molecular formula is C35H37NO2. The van der Waals surface area contributed by atoms with Crippen LogP contribution in [0.4, 0.5) is 0 Å². The van der Waals surface area contributed by atoms with Crippen molar-refractivity contribution in [2.24, 2.45) is 11.8 Å². The SMILES string of the molecule is CC1CCC2=CC=CC(CC3(Oc4ccc(-c5ccccc5)cc4)Oc4cccc5c4C3C(C)CC5)C2N1. The third kappa shape index (κ3) is 4.08. The summed E-state index contributed by atoms with van der Waals surface area (Å²) in [4.78, 5) is 0. The number of rotatable bonds is 5. The molecule has 3 nitrogen and oxygen atoms in total. The number of hydrogen-bond acceptors (Lipinski definition) is 3. The molecule has 2 aliphatic heterocycles. The number of benzene rings is 3. The lowest BCUT2D eigenvalue weighted by atomic mass is 9.69. The van der Waals surface area contributed by atoms with E-state index in [0.29, 0.717) is 23.9 Å². The minimum Gasteiger partial charge on any atom is -0.452 e. The molecular weight excluding hydrogens is 466 g/mol. The Morgan fingerprint density at radius 3 is 2.55 bits per heavy atom. The molecule has 4 aliphatic rings. The van der Waals surface area contributed by atoms with Gasteiger partial charge in [0.1, 0.15) is 11.5 Å². The van der Waals surface area contributed by atoms with Gasteiger partial charge in [0, 0.05) is 30.0 Å². The van der Waals surface area contributed by atoms with Crippen molar-refractivity contribution in [2.45, 2.75) is 69.7 Å². The molecule has 194 valence electrons. The highest BCUT2D eigenvalue weighted by Crippen LogP contribution is 2.56. The molecule has 1 saturated heterocycles. The van der Waals surface area contributed by atoms with Crippen LogP contribution in [-0.4, -0.2) is 17.9 Å². The van der Waals surface area contributed by atoms with Crippen molar-refractivity contribution in [2.75, 3.05) is 0 Å². The average molecular weight is 504 g/mol. The van der Waals surface area contributed by atoms with Crippen molar-refractivity contribution in [1.29, 1.82) is 0 Å². The second kappa shape index (κ2) is 9.47. The molecule has 3 heteroatoms. The first-order valence-corrected chi connectivity index (χ1v) is 14.4. The van der Waals surface area contributed by atoms with Gasteiger partial charge in [-0.3, -0.25) is 0 Å². The molecule has 0 spiro atoms. The van der Waals surface area contributed by atoms with Crippen molar-refractivity contribution >= 4 is 0 Å². The van der Waals surface area contributed by atoms with E-state index in [4.69, 9.17) is 9.47 Å². The number of allylic oxidation sites excluding steroid dienone is 2. The molecule has 6 unspecified atom stereocenters. The van der Waals surface area contributed by atoms with Crippen LogP contribution in [-0.2, 0) is 6.42 Å². The van der Waals surface area contributed by atoms with Crippen LogP contribution < -0.4 is 14.8 Å². The molecule has 0 radical (unpaired) electrons. The van der Waals surface area contributed by atoms with Crippen LogP contribution in [0.2, 0.25) is 0 Å². The van der Waals surface area contributed by atoms with E-state index in [2.05, 4.69) is 110 Å².